The van der Waals surface area contributed by atoms with Crippen molar-refractivity contribution < 1.29 is 14.3 Å². The van der Waals surface area contributed by atoms with E-state index in [1.165, 1.54) is 0 Å². The highest BCUT2D eigenvalue weighted by molar-refractivity contribution is 9.10. The Morgan fingerprint density at radius 2 is 1.92 bits per heavy atom. The number of anilines is 1. The number of nitrogens with zero attached hydrogens (tertiary/aromatic N) is 1. The number of halogens is 1. The van der Waals surface area contributed by atoms with Crippen LogP contribution >= 0.6 is 15.9 Å². The number of amides is 2. The Labute approximate surface area is 161 Å². The summed E-state index contributed by atoms with van der Waals surface area (Å²) in [6.07, 6.45) is 1.54. The average molecular weight is 420 g/mol. The summed E-state index contributed by atoms with van der Waals surface area (Å²) in [7, 11) is 0. The molecule has 0 atom stereocenters. The lowest BCUT2D eigenvalue weighted by Gasteiger charge is -2.13. The van der Waals surface area contributed by atoms with Crippen LogP contribution in [0.4, 0.5) is 10.5 Å². The summed E-state index contributed by atoms with van der Waals surface area (Å²) >= 11 is 3.48. The molecule has 2 aromatic carbocycles. The third-order valence-electron chi connectivity index (χ3n) is 3.39. The zero-order valence-electron chi connectivity index (χ0n) is 15.0. The van der Waals surface area contributed by atoms with Crippen LogP contribution in [0.1, 0.15) is 25.0 Å². The van der Waals surface area contributed by atoms with E-state index in [1.807, 2.05) is 57.2 Å². The highest BCUT2D eigenvalue weighted by Crippen LogP contribution is 2.36. The van der Waals surface area contributed by atoms with Crippen LogP contribution in [-0.4, -0.2) is 25.5 Å². The Morgan fingerprint density at radius 3 is 2.62 bits per heavy atom. The van der Waals surface area contributed by atoms with Crippen molar-refractivity contribution in [1.29, 1.82) is 0 Å². The van der Waals surface area contributed by atoms with Crippen molar-refractivity contribution in [3.8, 4) is 11.5 Å². The Kier molecular flexibility index (Phi) is 7.47. The topological polar surface area (TPSA) is 72.0 Å². The van der Waals surface area contributed by atoms with E-state index in [0.29, 0.717) is 24.7 Å². The van der Waals surface area contributed by atoms with Crippen LogP contribution < -0.4 is 20.2 Å². The Balaban J connectivity index is 2.05. The number of para-hydroxylation sites is 1. The van der Waals surface area contributed by atoms with Gasteiger partial charge in [-0.15, -0.1) is 0 Å². The van der Waals surface area contributed by atoms with Crippen LogP contribution in [0, 0.1) is 6.92 Å². The summed E-state index contributed by atoms with van der Waals surface area (Å²) in [5.41, 5.74) is 4.93. The van der Waals surface area contributed by atoms with Gasteiger partial charge in [0.2, 0.25) is 0 Å². The van der Waals surface area contributed by atoms with E-state index in [1.54, 1.807) is 6.21 Å². The maximum Gasteiger partial charge on any atom is 0.339 e. The van der Waals surface area contributed by atoms with E-state index in [2.05, 4.69) is 31.8 Å². The molecule has 0 radical (unpaired) electrons. The minimum atomic E-state index is -0.411. The number of nitrogens with one attached hydrogen (secondary N) is 2. The zero-order chi connectivity index (χ0) is 18.9. The zero-order valence-corrected chi connectivity index (χ0v) is 16.6. The molecule has 0 aromatic heterocycles. The fourth-order valence-electron chi connectivity index (χ4n) is 2.24. The molecule has 7 heteroatoms. The maximum absolute atomic E-state index is 11.9. The van der Waals surface area contributed by atoms with E-state index in [4.69, 9.17) is 9.47 Å². The molecule has 2 amide bonds. The summed E-state index contributed by atoms with van der Waals surface area (Å²) in [5.74, 6) is 1.27. The van der Waals surface area contributed by atoms with Gasteiger partial charge in [0.15, 0.2) is 11.5 Å². The van der Waals surface area contributed by atoms with Crippen molar-refractivity contribution in [3.63, 3.8) is 0 Å². The Hall–Kier alpha value is -2.54. The Bertz CT molecular complexity index is 794. The van der Waals surface area contributed by atoms with E-state index >= 15 is 0 Å². The predicted molar refractivity (Wildman–Crippen MR) is 107 cm³/mol. The van der Waals surface area contributed by atoms with Crippen LogP contribution in [0.2, 0.25) is 0 Å². The van der Waals surface area contributed by atoms with E-state index in [-0.39, 0.29) is 0 Å². The van der Waals surface area contributed by atoms with Crippen molar-refractivity contribution in [1.82, 2.24) is 5.43 Å². The minimum Gasteiger partial charge on any atom is -0.490 e. The summed E-state index contributed by atoms with van der Waals surface area (Å²) in [6, 6.07) is 10.8. The first-order chi connectivity index (χ1) is 12.5. The lowest BCUT2D eigenvalue weighted by atomic mass is 10.2. The molecule has 2 rings (SSSR count). The quantitative estimate of drug-likeness (QED) is 0.504. The van der Waals surface area contributed by atoms with Gasteiger partial charge in [-0.05, 0) is 66.0 Å². The van der Waals surface area contributed by atoms with Crippen LogP contribution in [-0.2, 0) is 0 Å². The van der Waals surface area contributed by atoms with Crippen molar-refractivity contribution in [2.75, 3.05) is 18.5 Å². The third-order valence-corrected chi connectivity index (χ3v) is 3.98. The molecule has 0 aliphatic carbocycles. The first-order valence-corrected chi connectivity index (χ1v) is 9.09. The molecule has 0 heterocycles. The Morgan fingerprint density at radius 1 is 1.19 bits per heavy atom. The fourth-order valence-corrected chi connectivity index (χ4v) is 2.81. The van der Waals surface area contributed by atoms with Crippen LogP contribution in [0.3, 0.4) is 0 Å². The monoisotopic (exact) mass is 419 g/mol. The highest BCUT2D eigenvalue weighted by atomic mass is 79.9. The molecule has 138 valence electrons. The van der Waals surface area contributed by atoms with Crippen LogP contribution in [0.5, 0.6) is 11.5 Å². The summed E-state index contributed by atoms with van der Waals surface area (Å²) in [4.78, 5) is 11.9. The summed E-state index contributed by atoms with van der Waals surface area (Å²) < 4.78 is 12.0. The molecule has 6 nitrogen and oxygen atoms in total. The maximum atomic E-state index is 11.9. The lowest BCUT2D eigenvalue weighted by Crippen LogP contribution is -2.24. The fraction of sp³-hybridized carbons (Fsp3) is 0.263. The molecule has 0 aliphatic rings. The number of aryl methyl sites for hydroxylation is 1. The highest BCUT2D eigenvalue weighted by Gasteiger charge is 2.11. The first-order valence-electron chi connectivity index (χ1n) is 8.30. The number of hydrogen-bond acceptors (Lipinski definition) is 4. The van der Waals surface area contributed by atoms with Crippen molar-refractivity contribution in [2.24, 2.45) is 5.10 Å². The SMILES string of the molecule is CCOc1cc(C=NNC(=O)Nc2ccccc2C)cc(Br)c1OCC. The second-order valence-corrected chi connectivity index (χ2v) is 6.19. The van der Waals surface area contributed by atoms with Gasteiger partial charge in [-0.2, -0.15) is 5.10 Å². The summed E-state index contributed by atoms with van der Waals surface area (Å²) in [5, 5.41) is 6.73. The van der Waals surface area contributed by atoms with Gasteiger partial charge in [-0.3, -0.25) is 0 Å². The predicted octanol–water partition coefficient (Wildman–Crippen LogP) is 4.71. The largest absolute Gasteiger partial charge is 0.490 e. The molecular formula is C19H22BrN3O3. The van der Waals surface area contributed by atoms with Crippen molar-refractivity contribution in [3.05, 3.63) is 52.0 Å². The molecule has 26 heavy (non-hydrogen) atoms. The average Bonchev–Trinajstić information content (AvgIpc) is 2.60. The molecule has 0 aliphatic heterocycles. The molecule has 2 aromatic rings. The smallest absolute Gasteiger partial charge is 0.339 e. The van der Waals surface area contributed by atoms with E-state index in [0.717, 1.165) is 21.3 Å². The second kappa shape index (κ2) is 9.82. The molecular weight excluding hydrogens is 398 g/mol. The van der Waals surface area contributed by atoms with Gasteiger partial charge in [-0.25, -0.2) is 10.2 Å². The number of urea groups is 1. The number of rotatable bonds is 7. The number of hydrogen-bond donors (Lipinski definition) is 2. The van der Waals surface area contributed by atoms with Gasteiger partial charge in [0.05, 0.1) is 23.9 Å². The van der Waals surface area contributed by atoms with Gasteiger partial charge >= 0.3 is 6.03 Å². The molecule has 2 N–H and O–H groups in total. The van der Waals surface area contributed by atoms with E-state index in [9.17, 15) is 4.79 Å². The van der Waals surface area contributed by atoms with E-state index < -0.39 is 6.03 Å². The standard InChI is InChI=1S/C19H22BrN3O3/c1-4-25-17-11-14(10-15(20)18(17)26-5-2)12-21-23-19(24)22-16-9-7-6-8-13(16)3/h6-12H,4-5H2,1-3H3,(H2,22,23,24). The normalized spacial score (nSPS) is 10.6. The number of carbonyl (C=O) groups is 1. The molecule has 0 spiro atoms. The lowest BCUT2D eigenvalue weighted by molar-refractivity contribution is 0.252. The number of ether oxygens (including phenoxy) is 2. The van der Waals surface area contributed by atoms with Gasteiger partial charge in [0.1, 0.15) is 0 Å². The molecule has 0 unspecified atom stereocenters. The van der Waals surface area contributed by atoms with Crippen LogP contribution in [0.25, 0.3) is 0 Å². The second-order valence-electron chi connectivity index (χ2n) is 5.34. The molecule has 0 saturated carbocycles. The molecule has 0 bridgehead atoms. The van der Waals surface area contributed by atoms with Crippen molar-refractivity contribution >= 4 is 33.9 Å². The van der Waals surface area contributed by atoms with Crippen LogP contribution in [0.15, 0.2) is 46.0 Å². The number of hydrazone groups is 1. The van der Waals surface area contributed by atoms with Gasteiger partial charge in [0, 0.05) is 5.69 Å². The molecule has 0 fully saturated rings. The minimum absolute atomic E-state index is 0.411. The number of benzene rings is 2. The summed E-state index contributed by atoms with van der Waals surface area (Å²) in [6.45, 7) is 6.79. The first kappa shape index (κ1) is 19.8. The molecule has 0 saturated heterocycles. The van der Waals surface area contributed by atoms with Gasteiger partial charge < -0.3 is 14.8 Å². The van der Waals surface area contributed by atoms with Gasteiger partial charge in [0.25, 0.3) is 0 Å². The number of carbonyl (C=O) groups excluding carboxylic acids is 1. The van der Waals surface area contributed by atoms with Gasteiger partial charge in [-0.1, -0.05) is 18.2 Å². The third kappa shape index (κ3) is 5.49. The van der Waals surface area contributed by atoms with Crippen molar-refractivity contribution in [2.45, 2.75) is 20.8 Å².